The minimum atomic E-state index is -1.02. The number of nitrogens with one attached hydrogen (secondary N) is 2. The first kappa shape index (κ1) is 23.7. The van der Waals surface area contributed by atoms with Crippen LogP contribution < -0.4 is 10.6 Å². The maximum absolute atomic E-state index is 12.3. The zero-order valence-electron chi connectivity index (χ0n) is 16.3. The maximum atomic E-state index is 12.3. The molecule has 0 aromatic heterocycles. The topological polar surface area (TPSA) is 131 Å². The summed E-state index contributed by atoms with van der Waals surface area (Å²) in [6.07, 6.45) is -0.682. The highest BCUT2D eigenvalue weighted by molar-refractivity contribution is 5.88. The van der Waals surface area contributed by atoms with E-state index in [1.165, 1.54) is 0 Å². The molecule has 0 fully saturated rings. The Balaban J connectivity index is 4.75. The molecule has 2 amide bonds. The molecule has 0 aromatic rings. The van der Waals surface area contributed by atoms with Gasteiger partial charge in [-0.05, 0) is 54.4 Å². The molecule has 150 valence electrons. The molecule has 0 aliphatic heterocycles. The van der Waals surface area contributed by atoms with Crippen LogP contribution in [-0.2, 0) is 23.9 Å². The number of carboxylic acid groups (broad SMARTS) is 1. The van der Waals surface area contributed by atoms with E-state index in [1.807, 2.05) is 0 Å². The van der Waals surface area contributed by atoms with E-state index in [4.69, 9.17) is 14.6 Å². The molecule has 0 heterocycles. The molecule has 0 radical (unpaired) electrons. The second-order valence-corrected chi connectivity index (χ2v) is 7.79. The highest BCUT2D eigenvalue weighted by Gasteiger charge is 2.25. The fraction of sp³-hybridized carbons (Fsp3) is 0.765. The largest absolute Gasteiger partial charge is 0.481 e. The van der Waals surface area contributed by atoms with Crippen LogP contribution in [0, 0.1) is 0 Å². The van der Waals surface area contributed by atoms with Gasteiger partial charge in [0.05, 0.1) is 0 Å². The van der Waals surface area contributed by atoms with Crippen molar-refractivity contribution < 1.29 is 33.8 Å². The summed E-state index contributed by atoms with van der Waals surface area (Å²) in [7, 11) is 0. The Morgan fingerprint density at radius 3 is 1.96 bits per heavy atom. The van der Waals surface area contributed by atoms with Crippen LogP contribution >= 0.6 is 0 Å². The summed E-state index contributed by atoms with van der Waals surface area (Å²) >= 11 is 0. The summed E-state index contributed by atoms with van der Waals surface area (Å²) in [5, 5.41) is 13.5. The minimum Gasteiger partial charge on any atom is -0.481 e. The first-order chi connectivity index (χ1) is 11.7. The van der Waals surface area contributed by atoms with E-state index in [0.29, 0.717) is 0 Å². The molecule has 0 saturated carbocycles. The van der Waals surface area contributed by atoms with Crippen LogP contribution in [-0.4, -0.2) is 52.8 Å². The Morgan fingerprint density at radius 2 is 1.50 bits per heavy atom. The van der Waals surface area contributed by atoms with Gasteiger partial charge in [-0.25, -0.2) is 4.79 Å². The van der Waals surface area contributed by atoms with E-state index in [-0.39, 0.29) is 25.8 Å². The molecule has 0 aromatic carbocycles. The van der Waals surface area contributed by atoms with Gasteiger partial charge in [-0.1, -0.05) is 0 Å². The third-order valence-electron chi connectivity index (χ3n) is 2.72. The molecule has 9 nitrogen and oxygen atoms in total. The monoisotopic (exact) mass is 374 g/mol. The molecule has 26 heavy (non-hydrogen) atoms. The number of esters is 1. The van der Waals surface area contributed by atoms with E-state index in [2.05, 4.69) is 10.6 Å². The molecule has 0 spiro atoms. The van der Waals surface area contributed by atoms with E-state index < -0.39 is 41.2 Å². The highest BCUT2D eigenvalue weighted by Crippen LogP contribution is 2.09. The van der Waals surface area contributed by atoms with Gasteiger partial charge in [0, 0.05) is 6.42 Å². The van der Waals surface area contributed by atoms with Crippen molar-refractivity contribution in [3.8, 4) is 0 Å². The maximum Gasteiger partial charge on any atom is 0.408 e. The number of carbonyl (C=O) groups is 4. The zero-order valence-corrected chi connectivity index (χ0v) is 16.3. The van der Waals surface area contributed by atoms with E-state index in [1.54, 1.807) is 41.5 Å². The van der Waals surface area contributed by atoms with Crippen molar-refractivity contribution in [2.75, 3.05) is 6.54 Å². The summed E-state index contributed by atoms with van der Waals surface area (Å²) in [5.74, 6) is -2.24. The second-order valence-electron chi connectivity index (χ2n) is 7.79. The van der Waals surface area contributed by atoms with Crippen molar-refractivity contribution in [1.29, 1.82) is 0 Å². The number of aliphatic carboxylic acids is 1. The van der Waals surface area contributed by atoms with Crippen LogP contribution in [0.3, 0.4) is 0 Å². The van der Waals surface area contributed by atoms with Crippen LogP contribution in [0.15, 0.2) is 0 Å². The molecule has 1 atom stereocenters. The number of hydrogen-bond acceptors (Lipinski definition) is 6. The molecule has 0 aliphatic rings. The smallest absolute Gasteiger partial charge is 0.408 e. The lowest BCUT2D eigenvalue weighted by molar-refractivity contribution is -0.154. The van der Waals surface area contributed by atoms with E-state index in [9.17, 15) is 19.2 Å². The molecule has 9 heteroatoms. The molecule has 3 N–H and O–H groups in total. The lowest BCUT2D eigenvalue weighted by atomic mass is 10.1. The van der Waals surface area contributed by atoms with Gasteiger partial charge in [-0.3, -0.25) is 14.4 Å². The van der Waals surface area contributed by atoms with Crippen molar-refractivity contribution in [3.63, 3.8) is 0 Å². The fourth-order valence-electron chi connectivity index (χ4n) is 1.84. The average Bonchev–Trinajstić information content (AvgIpc) is 2.39. The lowest BCUT2D eigenvalue weighted by Gasteiger charge is -2.23. The quantitative estimate of drug-likeness (QED) is 0.550. The standard InChI is InChI=1S/C17H30N2O7/c1-16(2,3)25-13(22)10-18-14(23)11(8-7-9-12(20)21)19-15(24)26-17(4,5)6/h11H,7-10H2,1-6H3,(H,18,23)(H,19,24)(H,20,21). The Bertz CT molecular complexity index is 518. The van der Waals surface area contributed by atoms with E-state index >= 15 is 0 Å². The number of carbonyl (C=O) groups excluding carboxylic acids is 3. The SMILES string of the molecule is CC(C)(C)OC(=O)CNC(=O)C(CCCC(=O)O)NC(=O)OC(C)(C)C. The van der Waals surface area contributed by atoms with Crippen molar-refractivity contribution >= 4 is 23.9 Å². The predicted octanol–water partition coefficient (Wildman–Crippen LogP) is 1.59. The first-order valence-electron chi connectivity index (χ1n) is 8.40. The Morgan fingerprint density at radius 1 is 0.962 bits per heavy atom. The summed E-state index contributed by atoms with van der Waals surface area (Å²) in [5.41, 5.74) is -1.43. The highest BCUT2D eigenvalue weighted by atomic mass is 16.6. The number of alkyl carbamates (subject to hydrolysis) is 1. The van der Waals surface area contributed by atoms with Gasteiger partial charge in [0.2, 0.25) is 5.91 Å². The number of hydrogen-bond donors (Lipinski definition) is 3. The van der Waals surface area contributed by atoms with Crippen LogP contribution in [0.1, 0.15) is 60.8 Å². The van der Waals surface area contributed by atoms with E-state index in [0.717, 1.165) is 0 Å². The number of ether oxygens (including phenoxy) is 2. The summed E-state index contributed by atoms with van der Waals surface area (Å²) in [6, 6.07) is -1.02. The molecule has 1 unspecified atom stereocenters. The summed E-state index contributed by atoms with van der Waals surface area (Å²) < 4.78 is 10.2. The lowest BCUT2D eigenvalue weighted by Crippen LogP contribution is -2.49. The van der Waals surface area contributed by atoms with Gasteiger partial charge < -0.3 is 25.2 Å². The third-order valence-corrected chi connectivity index (χ3v) is 2.72. The van der Waals surface area contributed by atoms with Gasteiger partial charge in [-0.15, -0.1) is 0 Å². The van der Waals surface area contributed by atoms with Gasteiger partial charge in [0.25, 0.3) is 0 Å². The third kappa shape index (κ3) is 13.0. The number of amides is 2. The van der Waals surface area contributed by atoms with Crippen LogP contribution in [0.4, 0.5) is 4.79 Å². The minimum absolute atomic E-state index is 0.0890. The van der Waals surface area contributed by atoms with Crippen molar-refractivity contribution in [2.45, 2.75) is 78.0 Å². The van der Waals surface area contributed by atoms with Crippen LogP contribution in [0.2, 0.25) is 0 Å². The molecule has 0 rings (SSSR count). The molecular weight excluding hydrogens is 344 g/mol. The summed E-state index contributed by atoms with van der Waals surface area (Å²) in [6.45, 7) is 9.77. The van der Waals surface area contributed by atoms with Crippen molar-refractivity contribution in [2.24, 2.45) is 0 Å². The summed E-state index contributed by atoms with van der Waals surface area (Å²) in [4.78, 5) is 46.4. The van der Waals surface area contributed by atoms with Gasteiger partial charge in [0.15, 0.2) is 0 Å². The van der Waals surface area contributed by atoms with Crippen molar-refractivity contribution in [1.82, 2.24) is 10.6 Å². The normalized spacial score (nSPS) is 12.7. The van der Waals surface area contributed by atoms with Gasteiger partial charge in [0.1, 0.15) is 23.8 Å². The predicted molar refractivity (Wildman–Crippen MR) is 93.5 cm³/mol. The Hall–Kier alpha value is -2.32. The van der Waals surface area contributed by atoms with Crippen LogP contribution in [0.5, 0.6) is 0 Å². The fourth-order valence-corrected chi connectivity index (χ4v) is 1.84. The molecule has 0 bridgehead atoms. The first-order valence-corrected chi connectivity index (χ1v) is 8.40. The average molecular weight is 374 g/mol. The van der Waals surface area contributed by atoms with Gasteiger partial charge >= 0.3 is 18.0 Å². The zero-order chi connectivity index (χ0) is 20.5. The Labute approximate surface area is 153 Å². The molecule has 0 saturated heterocycles. The van der Waals surface area contributed by atoms with Gasteiger partial charge in [-0.2, -0.15) is 0 Å². The number of carboxylic acids is 1. The number of rotatable bonds is 8. The molecule has 0 aliphatic carbocycles. The Kier molecular flexibility index (Phi) is 9.09. The van der Waals surface area contributed by atoms with Crippen molar-refractivity contribution in [3.05, 3.63) is 0 Å². The van der Waals surface area contributed by atoms with Crippen LogP contribution in [0.25, 0.3) is 0 Å². The second kappa shape index (κ2) is 9.98. The molecular formula is C17H30N2O7.